The number of hydrogen-bond acceptors (Lipinski definition) is 5. The zero-order valence-corrected chi connectivity index (χ0v) is 18.5. The van der Waals surface area contributed by atoms with Crippen molar-refractivity contribution in [3.05, 3.63) is 94.3 Å². The summed E-state index contributed by atoms with van der Waals surface area (Å²) in [6.07, 6.45) is 0. The molecule has 1 amide bonds. The van der Waals surface area contributed by atoms with Crippen molar-refractivity contribution in [3.8, 4) is 11.5 Å². The number of nitrogens with zero attached hydrogens (tertiary/aromatic N) is 1. The van der Waals surface area contributed by atoms with Crippen LogP contribution in [0.25, 0.3) is 5.76 Å². The molecule has 0 aliphatic carbocycles. The Morgan fingerprint density at radius 2 is 1.64 bits per heavy atom. The summed E-state index contributed by atoms with van der Waals surface area (Å²) < 4.78 is 24.1. The first kappa shape index (κ1) is 22.4. The number of carbonyl (C=O) groups is 2. The Bertz CT molecular complexity index is 1250. The molecule has 0 aromatic heterocycles. The van der Waals surface area contributed by atoms with Gasteiger partial charge in [0.2, 0.25) is 0 Å². The van der Waals surface area contributed by atoms with E-state index in [4.69, 9.17) is 21.1 Å². The van der Waals surface area contributed by atoms with Crippen molar-refractivity contribution in [2.24, 2.45) is 0 Å². The van der Waals surface area contributed by atoms with Gasteiger partial charge in [0.05, 0.1) is 31.4 Å². The molecule has 3 aromatic carbocycles. The summed E-state index contributed by atoms with van der Waals surface area (Å²) >= 11 is 6.03. The van der Waals surface area contributed by atoms with E-state index in [1.807, 2.05) is 0 Å². The summed E-state index contributed by atoms with van der Waals surface area (Å²) in [5.74, 6) is -1.87. The number of aliphatic hydroxyl groups is 1. The molecule has 8 heteroatoms. The van der Waals surface area contributed by atoms with Crippen LogP contribution in [0.15, 0.2) is 72.3 Å². The Morgan fingerprint density at radius 3 is 2.24 bits per heavy atom. The van der Waals surface area contributed by atoms with Crippen LogP contribution >= 0.6 is 11.6 Å². The molecule has 0 bridgehead atoms. The molecule has 33 heavy (non-hydrogen) atoms. The highest BCUT2D eigenvalue weighted by molar-refractivity contribution is 6.51. The Morgan fingerprint density at radius 1 is 0.970 bits per heavy atom. The van der Waals surface area contributed by atoms with Gasteiger partial charge in [-0.25, -0.2) is 4.39 Å². The highest BCUT2D eigenvalue weighted by Crippen LogP contribution is 2.43. The second-order valence-electron chi connectivity index (χ2n) is 7.26. The van der Waals surface area contributed by atoms with Crippen molar-refractivity contribution in [1.82, 2.24) is 0 Å². The molecular weight excluding hydrogens is 449 g/mol. The van der Waals surface area contributed by atoms with Gasteiger partial charge in [0, 0.05) is 16.8 Å². The normalized spacial score (nSPS) is 17.3. The molecule has 0 radical (unpaired) electrons. The fourth-order valence-electron chi connectivity index (χ4n) is 3.80. The SMILES string of the molecule is COc1ccc(/C(O)=C2/C(=O)C(=O)N(c3ccc(F)cc3)C2c2ccc(Cl)cc2)c(OC)c1. The molecule has 0 saturated carbocycles. The van der Waals surface area contributed by atoms with Crippen LogP contribution in [0.4, 0.5) is 10.1 Å². The minimum atomic E-state index is -0.973. The van der Waals surface area contributed by atoms with Gasteiger partial charge in [-0.1, -0.05) is 23.7 Å². The molecule has 1 aliphatic rings. The highest BCUT2D eigenvalue weighted by Gasteiger charge is 2.47. The van der Waals surface area contributed by atoms with Crippen molar-refractivity contribution in [3.63, 3.8) is 0 Å². The van der Waals surface area contributed by atoms with Crippen molar-refractivity contribution in [2.45, 2.75) is 6.04 Å². The van der Waals surface area contributed by atoms with Gasteiger partial charge in [-0.05, 0) is 54.1 Å². The second-order valence-corrected chi connectivity index (χ2v) is 7.70. The maximum absolute atomic E-state index is 13.5. The fraction of sp³-hybridized carbons (Fsp3) is 0.120. The molecule has 1 N–H and O–H groups in total. The van der Waals surface area contributed by atoms with Gasteiger partial charge < -0.3 is 14.6 Å². The molecule has 1 aliphatic heterocycles. The minimum absolute atomic E-state index is 0.130. The lowest BCUT2D eigenvalue weighted by Gasteiger charge is -2.25. The van der Waals surface area contributed by atoms with E-state index >= 15 is 0 Å². The zero-order chi connectivity index (χ0) is 23.7. The fourth-order valence-corrected chi connectivity index (χ4v) is 3.93. The van der Waals surface area contributed by atoms with Gasteiger partial charge in [-0.15, -0.1) is 0 Å². The number of benzene rings is 3. The number of halogens is 2. The topological polar surface area (TPSA) is 76.1 Å². The molecule has 1 fully saturated rings. The van der Waals surface area contributed by atoms with Gasteiger partial charge in [-0.2, -0.15) is 0 Å². The van der Waals surface area contributed by atoms with E-state index < -0.39 is 29.3 Å². The van der Waals surface area contributed by atoms with Crippen LogP contribution in [0.5, 0.6) is 11.5 Å². The number of anilines is 1. The number of methoxy groups -OCH3 is 2. The van der Waals surface area contributed by atoms with E-state index in [-0.39, 0.29) is 16.9 Å². The summed E-state index contributed by atoms with van der Waals surface area (Å²) in [4.78, 5) is 27.5. The summed E-state index contributed by atoms with van der Waals surface area (Å²) in [5, 5.41) is 11.7. The first-order valence-electron chi connectivity index (χ1n) is 9.90. The minimum Gasteiger partial charge on any atom is -0.507 e. The van der Waals surface area contributed by atoms with Gasteiger partial charge >= 0.3 is 0 Å². The standard InChI is InChI=1S/C25H19ClFNO5/c1-32-18-11-12-19(20(13-18)33-2)23(29)21-22(14-3-5-15(26)6-4-14)28(25(31)24(21)30)17-9-7-16(27)8-10-17/h3-13,22,29H,1-2H3/b23-21-. The van der Waals surface area contributed by atoms with Crippen molar-refractivity contribution >= 4 is 34.7 Å². The summed E-state index contributed by atoms with van der Waals surface area (Å²) in [7, 11) is 2.91. The molecule has 1 unspecified atom stereocenters. The summed E-state index contributed by atoms with van der Waals surface area (Å²) in [5.41, 5.74) is 0.931. The number of ether oxygens (including phenoxy) is 2. The molecule has 4 rings (SSSR count). The van der Waals surface area contributed by atoms with Gasteiger partial charge in [0.25, 0.3) is 11.7 Å². The average molecular weight is 468 g/mol. The molecule has 1 saturated heterocycles. The van der Waals surface area contributed by atoms with E-state index in [0.29, 0.717) is 22.0 Å². The Kier molecular flexibility index (Phi) is 6.07. The molecule has 1 atom stereocenters. The van der Waals surface area contributed by atoms with Crippen molar-refractivity contribution < 1.29 is 28.6 Å². The van der Waals surface area contributed by atoms with E-state index in [2.05, 4.69) is 0 Å². The monoisotopic (exact) mass is 467 g/mol. The third-order valence-corrected chi connectivity index (χ3v) is 5.65. The largest absolute Gasteiger partial charge is 0.507 e. The quantitative estimate of drug-likeness (QED) is 0.320. The van der Waals surface area contributed by atoms with Gasteiger partial charge in [-0.3, -0.25) is 14.5 Å². The predicted octanol–water partition coefficient (Wildman–Crippen LogP) is 5.12. The number of Topliss-reactive ketones (excluding diaryl/α,β-unsaturated/α-hetero) is 1. The lowest BCUT2D eigenvalue weighted by molar-refractivity contribution is -0.132. The Balaban J connectivity index is 1.95. The molecular formula is C25H19ClFNO5. The lowest BCUT2D eigenvalue weighted by Crippen LogP contribution is -2.29. The highest BCUT2D eigenvalue weighted by atomic mass is 35.5. The Labute approximate surface area is 194 Å². The second kappa shape index (κ2) is 8.96. The van der Waals surface area contributed by atoms with Gasteiger partial charge in [0.1, 0.15) is 23.1 Å². The van der Waals surface area contributed by atoms with E-state index in [9.17, 15) is 19.1 Å². The maximum Gasteiger partial charge on any atom is 0.300 e. The summed E-state index contributed by atoms with van der Waals surface area (Å²) in [6.45, 7) is 0. The van der Waals surface area contributed by atoms with Gasteiger partial charge in [0.15, 0.2) is 0 Å². The predicted molar refractivity (Wildman–Crippen MR) is 122 cm³/mol. The average Bonchev–Trinajstić information content (AvgIpc) is 3.09. The molecule has 168 valence electrons. The summed E-state index contributed by atoms with van der Waals surface area (Å²) in [6, 6.07) is 15.5. The van der Waals surface area contributed by atoms with Crippen molar-refractivity contribution in [2.75, 3.05) is 19.1 Å². The number of aliphatic hydroxyl groups excluding tert-OH is 1. The maximum atomic E-state index is 13.5. The van der Waals surface area contributed by atoms with Crippen LogP contribution in [0.2, 0.25) is 5.02 Å². The number of ketones is 1. The molecule has 6 nitrogen and oxygen atoms in total. The van der Waals surface area contributed by atoms with Crippen LogP contribution in [0, 0.1) is 5.82 Å². The smallest absolute Gasteiger partial charge is 0.300 e. The number of rotatable bonds is 5. The first-order valence-corrected chi connectivity index (χ1v) is 10.3. The van der Waals surface area contributed by atoms with E-state index in [1.165, 1.54) is 49.5 Å². The van der Waals surface area contributed by atoms with Crippen LogP contribution in [-0.2, 0) is 9.59 Å². The number of carbonyl (C=O) groups excluding carboxylic acids is 2. The Hall–Kier alpha value is -3.84. The third-order valence-electron chi connectivity index (χ3n) is 5.40. The van der Waals surface area contributed by atoms with Crippen LogP contribution in [0.3, 0.4) is 0 Å². The van der Waals surface area contributed by atoms with E-state index in [1.54, 1.807) is 36.4 Å². The van der Waals surface area contributed by atoms with Crippen LogP contribution in [-0.4, -0.2) is 31.0 Å². The number of hydrogen-bond donors (Lipinski definition) is 1. The molecule has 3 aromatic rings. The van der Waals surface area contributed by atoms with Crippen LogP contribution < -0.4 is 14.4 Å². The zero-order valence-electron chi connectivity index (χ0n) is 17.7. The third kappa shape index (κ3) is 4.03. The van der Waals surface area contributed by atoms with Crippen molar-refractivity contribution in [1.29, 1.82) is 0 Å². The number of amides is 1. The van der Waals surface area contributed by atoms with E-state index in [0.717, 1.165) is 0 Å². The first-order chi connectivity index (χ1) is 15.8. The lowest BCUT2D eigenvalue weighted by atomic mass is 9.95. The molecule has 0 spiro atoms. The van der Waals surface area contributed by atoms with Crippen LogP contribution in [0.1, 0.15) is 17.2 Å². The molecule has 1 heterocycles.